The second-order valence-electron chi connectivity index (χ2n) is 8.84. The zero-order valence-electron chi connectivity index (χ0n) is 18.8. The summed E-state index contributed by atoms with van der Waals surface area (Å²) in [6, 6.07) is 18.2. The largest absolute Gasteiger partial charge is 0.468 e. The minimum absolute atomic E-state index is 0.204. The van der Waals surface area contributed by atoms with Gasteiger partial charge in [0.25, 0.3) is 0 Å². The van der Waals surface area contributed by atoms with Crippen LogP contribution in [0, 0.1) is 5.41 Å². The molecule has 0 spiro atoms. The van der Waals surface area contributed by atoms with E-state index in [1.54, 1.807) is 0 Å². The highest BCUT2D eigenvalue weighted by atomic mass is 28.4. The van der Waals surface area contributed by atoms with Crippen LogP contribution >= 0.6 is 0 Å². The standard InChI is InChI=1S/C24H31NO5Si/c1-28-22(26)19-16-24(23(27)29-2,20(25-19)17-12-8-6-9-13-17)21(30-31(3,4)5)18-14-10-7-11-15-18/h6-15,19-21,25H,16H2,1-5H3/t19-,20-,21-,24-/m1/s1. The van der Waals surface area contributed by atoms with Gasteiger partial charge in [-0.1, -0.05) is 60.7 Å². The van der Waals surface area contributed by atoms with Crippen LogP contribution in [0.2, 0.25) is 19.6 Å². The highest BCUT2D eigenvalue weighted by Gasteiger charge is 2.61. The summed E-state index contributed by atoms with van der Waals surface area (Å²) in [5.74, 6) is -0.820. The van der Waals surface area contributed by atoms with Crippen LogP contribution in [-0.4, -0.2) is 40.5 Å². The number of hydrogen-bond acceptors (Lipinski definition) is 6. The second-order valence-corrected chi connectivity index (χ2v) is 13.3. The Hall–Kier alpha value is -2.48. The predicted octanol–water partition coefficient (Wildman–Crippen LogP) is 4.01. The molecule has 0 bridgehead atoms. The van der Waals surface area contributed by atoms with Gasteiger partial charge in [0.1, 0.15) is 11.5 Å². The predicted molar refractivity (Wildman–Crippen MR) is 121 cm³/mol. The SMILES string of the molecule is COC(=O)[C@H]1C[C@](C(=O)OC)([C@H](O[Si](C)(C)C)c2ccccc2)[C@@H](c2ccccc2)N1. The molecule has 1 saturated heterocycles. The molecule has 1 fully saturated rings. The molecule has 3 rings (SSSR count). The number of nitrogens with one attached hydrogen (secondary N) is 1. The van der Waals surface area contributed by atoms with Crippen molar-refractivity contribution in [1.29, 1.82) is 0 Å². The molecule has 6 nitrogen and oxygen atoms in total. The quantitative estimate of drug-likeness (QED) is 0.517. The molecule has 2 aromatic carbocycles. The van der Waals surface area contributed by atoms with E-state index in [0.717, 1.165) is 11.1 Å². The number of ether oxygens (including phenoxy) is 2. The number of esters is 2. The fraction of sp³-hybridized carbons (Fsp3) is 0.417. The van der Waals surface area contributed by atoms with E-state index in [4.69, 9.17) is 13.9 Å². The van der Waals surface area contributed by atoms with Crippen molar-refractivity contribution in [2.45, 2.75) is 44.2 Å². The fourth-order valence-electron chi connectivity index (χ4n) is 4.41. The Labute approximate surface area is 185 Å². The minimum atomic E-state index is -2.12. The van der Waals surface area contributed by atoms with E-state index in [1.807, 2.05) is 60.7 Å². The maximum Gasteiger partial charge on any atom is 0.322 e. The average Bonchev–Trinajstić information content (AvgIpc) is 3.18. The van der Waals surface area contributed by atoms with Crippen molar-refractivity contribution in [3.63, 3.8) is 0 Å². The molecule has 0 aliphatic carbocycles. The Morgan fingerprint density at radius 1 is 0.968 bits per heavy atom. The van der Waals surface area contributed by atoms with E-state index < -0.39 is 43.9 Å². The van der Waals surface area contributed by atoms with Gasteiger partial charge in [-0.3, -0.25) is 14.9 Å². The van der Waals surface area contributed by atoms with Crippen molar-refractivity contribution in [3.8, 4) is 0 Å². The Balaban J connectivity index is 2.25. The van der Waals surface area contributed by atoms with Gasteiger partial charge in [0.2, 0.25) is 0 Å². The van der Waals surface area contributed by atoms with Crippen molar-refractivity contribution < 1.29 is 23.5 Å². The third-order valence-electron chi connectivity index (χ3n) is 5.65. The zero-order chi connectivity index (χ0) is 22.6. The van der Waals surface area contributed by atoms with Gasteiger partial charge in [-0.25, -0.2) is 0 Å². The molecule has 0 saturated carbocycles. The number of hydrogen-bond donors (Lipinski definition) is 1. The molecule has 1 N–H and O–H groups in total. The van der Waals surface area contributed by atoms with Gasteiger partial charge in [0, 0.05) is 0 Å². The molecule has 31 heavy (non-hydrogen) atoms. The van der Waals surface area contributed by atoms with Crippen LogP contribution < -0.4 is 5.32 Å². The van der Waals surface area contributed by atoms with Crippen molar-refractivity contribution in [2.24, 2.45) is 5.41 Å². The lowest BCUT2D eigenvalue weighted by atomic mass is 9.70. The van der Waals surface area contributed by atoms with Crippen molar-refractivity contribution >= 4 is 20.3 Å². The second kappa shape index (κ2) is 9.34. The third kappa shape index (κ3) is 4.73. The Bertz CT molecular complexity index is 899. The summed E-state index contributed by atoms with van der Waals surface area (Å²) in [4.78, 5) is 26.2. The van der Waals surface area contributed by atoms with Gasteiger partial charge in [0.05, 0.1) is 26.4 Å². The fourth-order valence-corrected chi connectivity index (χ4v) is 5.46. The lowest BCUT2D eigenvalue weighted by Crippen LogP contribution is -2.46. The third-order valence-corrected chi connectivity index (χ3v) is 6.59. The highest BCUT2D eigenvalue weighted by Crippen LogP contribution is 2.55. The molecule has 166 valence electrons. The van der Waals surface area contributed by atoms with Gasteiger partial charge in [-0.05, 0) is 37.2 Å². The van der Waals surface area contributed by atoms with Crippen LogP contribution in [0.1, 0.15) is 29.7 Å². The summed E-state index contributed by atoms with van der Waals surface area (Å²) in [6.07, 6.45) is -0.393. The van der Waals surface area contributed by atoms with Crippen LogP contribution in [0.25, 0.3) is 0 Å². The first-order valence-corrected chi connectivity index (χ1v) is 13.8. The summed E-state index contributed by atoms with van der Waals surface area (Å²) in [5, 5.41) is 3.36. The molecule has 7 heteroatoms. The van der Waals surface area contributed by atoms with Crippen LogP contribution in [-0.2, 0) is 23.5 Å². The molecule has 0 radical (unpaired) electrons. The summed E-state index contributed by atoms with van der Waals surface area (Å²) >= 11 is 0. The number of carbonyl (C=O) groups is 2. The molecular weight excluding hydrogens is 410 g/mol. The Morgan fingerprint density at radius 2 is 1.55 bits per heavy atom. The number of methoxy groups -OCH3 is 2. The maximum atomic E-state index is 13.6. The monoisotopic (exact) mass is 441 g/mol. The van der Waals surface area contributed by atoms with E-state index in [1.165, 1.54) is 14.2 Å². The van der Waals surface area contributed by atoms with Crippen molar-refractivity contribution in [2.75, 3.05) is 14.2 Å². The first-order valence-electron chi connectivity index (χ1n) is 10.4. The first kappa shape index (κ1) is 23.2. The van der Waals surface area contributed by atoms with Gasteiger partial charge in [-0.2, -0.15) is 0 Å². The molecule has 4 atom stereocenters. The Morgan fingerprint density at radius 3 is 2.06 bits per heavy atom. The topological polar surface area (TPSA) is 73.9 Å². The molecule has 1 aliphatic rings. The highest BCUT2D eigenvalue weighted by molar-refractivity contribution is 6.69. The van der Waals surface area contributed by atoms with Gasteiger partial charge in [0.15, 0.2) is 8.32 Å². The maximum absolute atomic E-state index is 13.6. The summed E-state index contributed by atoms with van der Waals surface area (Å²) < 4.78 is 17.1. The summed E-state index contributed by atoms with van der Waals surface area (Å²) in [7, 11) is 0.621. The molecule has 0 unspecified atom stereocenters. The lowest BCUT2D eigenvalue weighted by Gasteiger charge is -2.42. The Kier molecular flexibility index (Phi) is 6.98. The van der Waals surface area contributed by atoms with Crippen LogP contribution in [0.15, 0.2) is 60.7 Å². The van der Waals surface area contributed by atoms with E-state index in [2.05, 4.69) is 25.0 Å². The lowest BCUT2D eigenvalue weighted by molar-refractivity contribution is -0.161. The molecule has 0 amide bonds. The molecule has 1 heterocycles. The number of benzene rings is 2. The normalized spacial score (nSPS) is 24.4. The molecule has 1 aliphatic heterocycles. The average molecular weight is 442 g/mol. The van der Waals surface area contributed by atoms with Gasteiger partial charge < -0.3 is 13.9 Å². The van der Waals surface area contributed by atoms with Gasteiger partial charge >= 0.3 is 11.9 Å². The smallest absolute Gasteiger partial charge is 0.322 e. The van der Waals surface area contributed by atoms with E-state index in [0.29, 0.717) is 0 Å². The molecular formula is C24H31NO5Si. The van der Waals surface area contributed by atoms with Gasteiger partial charge in [-0.15, -0.1) is 0 Å². The van der Waals surface area contributed by atoms with E-state index >= 15 is 0 Å². The van der Waals surface area contributed by atoms with E-state index in [9.17, 15) is 9.59 Å². The van der Waals surface area contributed by atoms with Crippen molar-refractivity contribution in [1.82, 2.24) is 5.32 Å². The number of carbonyl (C=O) groups excluding carboxylic acids is 2. The number of rotatable bonds is 7. The minimum Gasteiger partial charge on any atom is -0.468 e. The zero-order valence-corrected chi connectivity index (χ0v) is 19.8. The van der Waals surface area contributed by atoms with Crippen LogP contribution in [0.3, 0.4) is 0 Å². The van der Waals surface area contributed by atoms with Crippen LogP contribution in [0.4, 0.5) is 0 Å². The summed E-state index contributed by atoms with van der Waals surface area (Å²) in [6.45, 7) is 6.27. The van der Waals surface area contributed by atoms with Crippen LogP contribution in [0.5, 0.6) is 0 Å². The van der Waals surface area contributed by atoms with E-state index in [-0.39, 0.29) is 6.42 Å². The molecule has 0 aromatic heterocycles. The summed E-state index contributed by atoms with van der Waals surface area (Å²) in [5.41, 5.74) is 0.610. The first-order chi connectivity index (χ1) is 14.7. The molecule has 2 aromatic rings. The van der Waals surface area contributed by atoms with Crippen molar-refractivity contribution in [3.05, 3.63) is 71.8 Å².